The van der Waals surface area contributed by atoms with E-state index in [-0.39, 0.29) is 0 Å². The Hall–Kier alpha value is -0.0900. The van der Waals surface area contributed by atoms with Crippen LogP contribution in [0.5, 0.6) is 0 Å². The highest BCUT2D eigenvalue weighted by Crippen LogP contribution is 2.38. The first-order valence-corrected chi connectivity index (χ1v) is 7.46. The molecule has 2 rings (SSSR count). The van der Waals surface area contributed by atoms with Crippen LogP contribution in [0.25, 0.3) is 0 Å². The van der Waals surface area contributed by atoms with Crippen LogP contribution in [0.3, 0.4) is 0 Å². The van der Waals surface area contributed by atoms with Gasteiger partial charge in [-0.1, -0.05) is 24.4 Å². The van der Waals surface area contributed by atoms with Gasteiger partial charge in [-0.2, -0.15) is 0 Å². The molecule has 0 amide bonds. The van der Waals surface area contributed by atoms with E-state index in [0.29, 0.717) is 5.41 Å². The molecule has 1 aromatic rings. The van der Waals surface area contributed by atoms with E-state index < -0.39 is 0 Å². The summed E-state index contributed by atoms with van der Waals surface area (Å²) in [6.45, 7) is 2.92. The lowest BCUT2D eigenvalue weighted by atomic mass is 9.86. The second-order valence-corrected chi connectivity index (χ2v) is 7.09. The van der Waals surface area contributed by atoms with Crippen LogP contribution in [0.15, 0.2) is 12.1 Å². The van der Waals surface area contributed by atoms with Crippen LogP contribution in [-0.2, 0) is 6.54 Å². The molecule has 1 fully saturated rings. The van der Waals surface area contributed by atoms with E-state index in [4.69, 9.17) is 17.3 Å². The Morgan fingerprint density at radius 3 is 2.65 bits per heavy atom. The molecule has 1 aromatic heterocycles. The van der Waals surface area contributed by atoms with Crippen molar-refractivity contribution >= 4 is 22.9 Å². The summed E-state index contributed by atoms with van der Waals surface area (Å²) in [5, 5.41) is 0. The Kier molecular flexibility index (Phi) is 4.47. The summed E-state index contributed by atoms with van der Waals surface area (Å²) in [6.07, 6.45) is 5.27. The van der Waals surface area contributed by atoms with E-state index in [0.717, 1.165) is 24.0 Å². The van der Waals surface area contributed by atoms with Crippen LogP contribution in [0.4, 0.5) is 0 Å². The minimum atomic E-state index is 0.371. The van der Waals surface area contributed by atoms with Crippen LogP contribution in [-0.4, -0.2) is 25.0 Å². The zero-order valence-electron chi connectivity index (χ0n) is 10.4. The van der Waals surface area contributed by atoms with E-state index >= 15 is 0 Å². The molecule has 96 valence electrons. The van der Waals surface area contributed by atoms with E-state index in [1.807, 2.05) is 6.07 Å². The van der Waals surface area contributed by atoms with E-state index in [1.165, 1.54) is 30.6 Å². The summed E-state index contributed by atoms with van der Waals surface area (Å²) in [5.41, 5.74) is 6.34. The van der Waals surface area contributed by atoms with E-state index in [9.17, 15) is 0 Å². The van der Waals surface area contributed by atoms with Gasteiger partial charge in [0.15, 0.2) is 0 Å². The lowest BCUT2D eigenvalue weighted by molar-refractivity contribution is 0.180. The van der Waals surface area contributed by atoms with Crippen molar-refractivity contribution in [1.29, 1.82) is 0 Å². The third-order valence-electron chi connectivity index (χ3n) is 3.76. The second kappa shape index (κ2) is 5.70. The number of nitrogens with zero attached hydrogens (tertiary/aromatic N) is 1. The SMILES string of the molecule is CN(Cc1ccc(Cl)s1)CC1(CN)CCCC1. The highest BCUT2D eigenvalue weighted by atomic mass is 35.5. The molecule has 0 bridgehead atoms. The molecule has 2 nitrogen and oxygen atoms in total. The van der Waals surface area contributed by atoms with Crippen LogP contribution in [0.1, 0.15) is 30.6 Å². The first-order valence-electron chi connectivity index (χ1n) is 6.26. The smallest absolute Gasteiger partial charge is 0.0931 e. The van der Waals surface area contributed by atoms with E-state index in [1.54, 1.807) is 11.3 Å². The third kappa shape index (κ3) is 3.44. The summed E-state index contributed by atoms with van der Waals surface area (Å²) in [4.78, 5) is 3.73. The fourth-order valence-corrected chi connectivity index (χ4v) is 4.05. The Bertz CT molecular complexity index is 358. The molecule has 4 heteroatoms. The average Bonchev–Trinajstić information content (AvgIpc) is 2.89. The first-order chi connectivity index (χ1) is 8.13. The molecule has 1 aliphatic rings. The van der Waals surface area contributed by atoms with Gasteiger partial charge in [0.2, 0.25) is 0 Å². The van der Waals surface area contributed by atoms with Gasteiger partial charge in [-0.3, -0.25) is 0 Å². The van der Waals surface area contributed by atoms with Crippen LogP contribution < -0.4 is 5.73 Å². The molecule has 1 saturated carbocycles. The summed E-state index contributed by atoms with van der Waals surface area (Å²) in [7, 11) is 2.18. The number of hydrogen-bond donors (Lipinski definition) is 1. The Labute approximate surface area is 113 Å². The average molecular weight is 273 g/mol. The molecule has 0 atom stereocenters. The Balaban J connectivity index is 1.90. The molecule has 0 spiro atoms. The van der Waals surface area contributed by atoms with Crippen molar-refractivity contribution in [2.75, 3.05) is 20.1 Å². The van der Waals surface area contributed by atoms with E-state index in [2.05, 4.69) is 18.0 Å². The van der Waals surface area contributed by atoms with Crippen molar-refractivity contribution in [3.63, 3.8) is 0 Å². The second-order valence-electron chi connectivity index (χ2n) is 5.29. The molecule has 0 radical (unpaired) electrons. The van der Waals surface area contributed by atoms with Gasteiger partial charge < -0.3 is 10.6 Å². The number of rotatable bonds is 5. The van der Waals surface area contributed by atoms with Crippen molar-refractivity contribution in [2.45, 2.75) is 32.2 Å². The normalized spacial score (nSPS) is 19.1. The monoisotopic (exact) mass is 272 g/mol. The standard InChI is InChI=1S/C13H21ClN2S/c1-16(8-11-4-5-12(14)17-11)10-13(9-15)6-2-3-7-13/h4-5H,2-3,6-10,15H2,1H3. The maximum Gasteiger partial charge on any atom is 0.0931 e. The maximum atomic E-state index is 5.97. The summed E-state index contributed by atoms with van der Waals surface area (Å²) in [6, 6.07) is 4.09. The quantitative estimate of drug-likeness (QED) is 0.891. The zero-order chi connectivity index (χ0) is 12.3. The van der Waals surface area contributed by atoms with Crippen LogP contribution >= 0.6 is 22.9 Å². The maximum absolute atomic E-state index is 5.97. The molecule has 0 aromatic carbocycles. The van der Waals surface area contributed by atoms with Crippen LogP contribution in [0.2, 0.25) is 4.34 Å². The molecular formula is C13H21ClN2S. The Morgan fingerprint density at radius 2 is 2.12 bits per heavy atom. The fraction of sp³-hybridized carbons (Fsp3) is 0.692. The van der Waals surface area contributed by atoms with Gasteiger partial charge in [0, 0.05) is 18.0 Å². The largest absolute Gasteiger partial charge is 0.330 e. The lowest BCUT2D eigenvalue weighted by Gasteiger charge is -2.32. The molecule has 17 heavy (non-hydrogen) atoms. The van der Waals surface area contributed by atoms with Crippen molar-refractivity contribution in [1.82, 2.24) is 4.90 Å². The van der Waals surface area contributed by atoms with Gasteiger partial charge in [-0.15, -0.1) is 11.3 Å². The van der Waals surface area contributed by atoms with Crippen molar-refractivity contribution in [2.24, 2.45) is 11.1 Å². The van der Waals surface area contributed by atoms with Gasteiger partial charge in [0.25, 0.3) is 0 Å². The van der Waals surface area contributed by atoms with Gasteiger partial charge in [-0.25, -0.2) is 0 Å². The molecular weight excluding hydrogens is 252 g/mol. The molecule has 1 heterocycles. The predicted octanol–water partition coefficient (Wildman–Crippen LogP) is 3.35. The van der Waals surface area contributed by atoms with Gasteiger partial charge in [-0.05, 0) is 44.0 Å². The highest BCUT2D eigenvalue weighted by molar-refractivity contribution is 7.16. The number of hydrogen-bond acceptors (Lipinski definition) is 3. The lowest BCUT2D eigenvalue weighted by Crippen LogP contribution is -2.38. The van der Waals surface area contributed by atoms with Gasteiger partial charge >= 0.3 is 0 Å². The predicted molar refractivity (Wildman–Crippen MR) is 75.6 cm³/mol. The number of thiophene rings is 1. The molecule has 0 saturated heterocycles. The molecule has 0 unspecified atom stereocenters. The number of halogens is 1. The molecule has 2 N–H and O–H groups in total. The van der Waals surface area contributed by atoms with Crippen molar-refractivity contribution in [3.05, 3.63) is 21.3 Å². The molecule has 1 aliphatic carbocycles. The molecule has 0 aliphatic heterocycles. The van der Waals surface area contributed by atoms with Gasteiger partial charge in [0.05, 0.1) is 4.34 Å². The topological polar surface area (TPSA) is 29.3 Å². The first kappa shape index (κ1) is 13.3. The van der Waals surface area contributed by atoms with Gasteiger partial charge in [0.1, 0.15) is 0 Å². The minimum absolute atomic E-state index is 0.371. The summed E-state index contributed by atoms with van der Waals surface area (Å²) < 4.78 is 0.878. The number of nitrogens with two attached hydrogens (primary N) is 1. The van der Waals surface area contributed by atoms with Crippen molar-refractivity contribution < 1.29 is 0 Å². The Morgan fingerprint density at radius 1 is 1.41 bits per heavy atom. The zero-order valence-corrected chi connectivity index (χ0v) is 12.0. The summed E-state index contributed by atoms with van der Waals surface area (Å²) >= 11 is 7.62. The minimum Gasteiger partial charge on any atom is -0.330 e. The van der Waals surface area contributed by atoms with Crippen molar-refractivity contribution in [3.8, 4) is 0 Å². The fourth-order valence-electron chi connectivity index (χ4n) is 2.88. The van der Waals surface area contributed by atoms with Crippen LogP contribution in [0, 0.1) is 5.41 Å². The highest BCUT2D eigenvalue weighted by Gasteiger charge is 2.33. The third-order valence-corrected chi connectivity index (χ3v) is 4.97. The summed E-state index contributed by atoms with van der Waals surface area (Å²) in [5.74, 6) is 0.